The van der Waals surface area contributed by atoms with Crippen molar-refractivity contribution in [2.45, 2.75) is 39.0 Å². The summed E-state index contributed by atoms with van der Waals surface area (Å²) in [6, 6.07) is 1.35. The minimum Gasteiger partial charge on any atom is -0.492 e. The molecule has 0 spiro atoms. The number of carboxylic acids is 1. The standard InChI is InChI=1S/C16H16ClF3O4/c1-3-4-5-23-13-8(2)12-9(7-11(13)17)6-10(15(21)22)14(24-12)16(18,19)20/h6-7,14H,3-5H2,1-2H3,(H,21,22). The number of rotatable bonds is 5. The molecule has 0 amide bonds. The van der Waals surface area contributed by atoms with E-state index in [1.165, 1.54) is 13.0 Å². The van der Waals surface area contributed by atoms with Crippen LogP contribution in [0.5, 0.6) is 11.5 Å². The Morgan fingerprint density at radius 2 is 2.12 bits per heavy atom. The largest absolute Gasteiger partial charge is 0.492 e. The number of unbranched alkanes of at least 4 members (excludes halogenated alkanes) is 1. The number of aliphatic carboxylic acids is 1. The van der Waals surface area contributed by atoms with Crippen molar-refractivity contribution in [3.8, 4) is 11.5 Å². The summed E-state index contributed by atoms with van der Waals surface area (Å²) in [4.78, 5) is 11.1. The van der Waals surface area contributed by atoms with Crippen molar-refractivity contribution >= 4 is 23.6 Å². The maximum Gasteiger partial charge on any atom is 0.430 e. The Hall–Kier alpha value is -1.89. The Morgan fingerprint density at radius 3 is 2.67 bits per heavy atom. The van der Waals surface area contributed by atoms with Crippen LogP contribution >= 0.6 is 11.6 Å². The molecule has 0 aliphatic carbocycles. The monoisotopic (exact) mass is 364 g/mol. The highest BCUT2D eigenvalue weighted by Crippen LogP contribution is 2.44. The molecule has 24 heavy (non-hydrogen) atoms. The van der Waals surface area contributed by atoms with Gasteiger partial charge in [0, 0.05) is 11.1 Å². The molecule has 1 heterocycles. The minimum absolute atomic E-state index is 0.0711. The van der Waals surface area contributed by atoms with Crippen LogP contribution < -0.4 is 9.47 Å². The fourth-order valence-electron chi connectivity index (χ4n) is 2.37. The van der Waals surface area contributed by atoms with Crippen LogP contribution in [0.4, 0.5) is 13.2 Å². The van der Waals surface area contributed by atoms with Crippen LogP contribution in [-0.2, 0) is 4.79 Å². The first kappa shape index (κ1) is 18.4. The fourth-order valence-corrected chi connectivity index (χ4v) is 2.68. The molecular formula is C16H16ClF3O4. The number of hydrogen-bond acceptors (Lipinski definition) is 3. The third-order valence-corrected chi connectivity index (χ3v) is 3.84. The summed E-state index contributed by atoms with van der Waals surface area (Å²) < 4.78 is 49.9. The molecule has 132 valence electrons. The van der Waals surface area contributed by atoms with Crippen LogP contribution in [-0.4, -0.2) is 30.0 Å². The zero-order valence-corrected chi connectivity index (χ0v) is 13.8. The molecule has 4 nitrogen and oxygen atoms in total. The van der Waals surface area contributed by atoms with E-state index in [9.17, 15) is 18.0 Å². The van der Waals surface area contributed by atoms with Crippen LogP contribution in [0, 0.1) is 6.92 Å². The third-order valence-electron chi connectivity index (χ3n) is 3.56. The summed E-state index contributed by atoms with van der Waals surface area (Å²) >= 11 is 6.12. The van der Waals surface area contributed by atoms with E-state index in [0.717, 1.165) is 18.9 Å². The van der Waals surface area contributed by atoms with Gasteiger partial charge in [0.05, 0.1) is 17.2 Å². The highest BCUT2D eigenvalue weighted by Gasteiger charge is 2.48. The molecule has 0 radical (unpaired) electrons. The number of hydrogen-bond donors (Lipinski definition) is 1. The zero-order chi connectivity index (χ0) is 18.1. The molecule has 1 aromatic rings. The van der Waals surface area contributed by atoms with E-state index in [1.807, 2.05) is 6.92 Å². The third kappa shape index (κ3) is 3.61. The van der Waals surface area contributed by atoms with Gasteiger partial charge in [0.2, 0.25) is 6.10 Å². The predicted octanol–water partition coefficient (Wildman–Crippen LogP) is 4.62. The summed E-state index contributed by atoms with van der Waals surface area (Å²) in [5.41, 5.74) is -0.396. The van der Waals surface area contributed by atoms with Gasteiger partial charge in [-0.05, 0) is 25.5 Å². The number of ether oxygens (including phenoxy) is 2. The van der Waals surface area contributed by atoms with Gasteiger partial charge in [0.15, 0.2) is 0 Å². The summed E-state index contributed by atoms with van der Waals surface area (Å²) in [7, 11) is 0. The Kier molecular flexibility index (Phi) is 5.32. The zero-order valence-electron chi connectivity index (χ0n) is 13.0. The van der Waals surface area contributed by atoms with Gasteiger partial charge < -0.3 is 14.6 Å². The van der Waals surface area contributed by atoms with Crippen LogP contribution in [0.15, 0.2) is 11.6 Å². The number of alkyl halides is 3. The first-order chi connectivity index (χ1) is 11.2. The van der Waals surface area contributed by atoms with E-state index in [0.29, 0.717) is 12.2 Å². The Balaban J connectivity index is 2.50. The second-order valence-corrected chi connectivity index (χ2v) is 5.78. The van der Waals surface area contributed by atoms with E-state index in [-0.39, 0.29) is 22.1 Å². The lowest BCUT2D eigenvalue weighted by atomic mass is 9.98. The van der Waals surface area contributed by atoms with Gasteiger partial charge in [0.1, 0.15) is 11.5 Å². The average molecular weight is 365 g/mol. The second kappa shape index (κ2) is 6.93. The molecule has 1 atom stereocenters. The van der Waals surface area contributed by atoms with E-state index in [4.69, 9.17) is 26.2 Å². The molecule has 2 rings (SSSR count). The van der Waals surface area contributed by atoms with E-state index in [2.05, 4.69) is 0 Å². The Labute approximate surface area is 141 Å². The highest BCUT2D eigenvalue weighted by molar-refractivity contribution is 6.32. The maximum atomic E-state index is 13.1. The van der Waals surface area contributed by atoms with Crippen molar-refractivity contribution in [3.63, 3.8) is 0 Å². The molecule has 1 aliphatic heterocycles. The smallest absolute Gasteiger partial charge is 0.430 e. The molecule has 0 saturated carbocycles. The van der Waals surface area contributed by atoms with Gasteiger partial charge in [-0.1, -0.05) is 24.9 Å². The normalized spacial score (nSPS) is 16.9. The quantitative estimate of drug-likeness (QED) is 0.775. The van der Waals surface area contributed by atoms with E-state index < -0.39 is 23.8 Å². The Morgan fingerprint density at radius 1 is 1.46 bits per heavy atom. The summed E-state index contributed by atoms with van der Waals surface area (Å²) in [6.07, 6.45) is -4.79. The van der Waals surface area contributed by atoms with Gasteiger partial charge >= 0.3 is 12.1 Å². The average Bonchev–Trinajstić information content (AvgIpc) is 2.48. The summed E-state index contributed by atoms with van der Waals surface area (Å²) in [5.74, 6) is -1.52. The van der Waals surface area contributed by atoms with Crippen LogP contribution in [0.25, 0.3) is 6.08 Å². The molecule has 1 aliphatic rings. The maximum absolute atomic E-state index is 13.1. The first-order valence-electron chi connectivity index (χ1n) is 7.31. The number of carbonyl (C=O) groups is 1. The number of fused-ring (bicyclic) bond motifs is 1. The topological polar surface area (TPSA) is 55.8 Å². The molecule has 1 unspecified atom stereocenters. The van der Waals surface area contributed by atoms with Gasteiger partial charge in [-0.15, -0.1) is 0 Å². The lowest BCUT2D eigenvalue weighted by molar-refractivity contribution is -0.187. The summed E-state index contributed by atoms with van der Waals surface area (Å²) in [5, 5.41) is 9.22. The van der Waals surface area contributed by atoms with Gasteiger partial charge in [-0.3, -0.25) is 0 Å². The minimum atomic E-state index is -4.85. The van der Waals surface area contributed by atoms with E-state index >= 15 is 0 Å². The molecular weight excluding hydrogens is 349 g/mol. The number of halogens is 4. The van der Waals surface area contributed by atoms with E-state index in [1.54, 1.807) is 0 Å². The summed E-state index contributed by atoms with van der Waals surface area (Å²) in [6.45, 7) is 3.87. The molecule has 0 saturated heterocycles. The SMILES string of the molecule is CCCCOc1c(Cl)cc2c(c1C)OC(C(F)(F)F)C(C(=O)O)=C2. The van der Waals surface area contributed by atoms with Crippen molar-refractivity contribution < 1.29 is 32.5 Å². The van der Waals surface area contributed by atoms with Crippen molar-refractivity contribution in [3.05, 3.63) is 27.8 Å². The number of carboxylic acid groups (broad SMARTS) is 1. The second-order valence-electron chi connectivity index (χ2n) is 5.38. The van der Waals surface area contributed by atoms with Gasteiger partial charge in [0.25, 0.3) is 0 Å². The van der Waals surface area contributed by atoms with Crippen LogP contribution in [0.1, 0.15) is 30.9 Å². The van der Waals surface area contributed by atoms with Crippen molar-refractivity contribution in [1.82, 2.24) is 0 Å². The number of benzene rings is 1. The lowest BCUT2D eigenvalue weighted by Gasteiger charge is -2.29. The van der Waals surface area contributed by atoms with Crippen molar-refractivity contribution in [2.24, 2.45) is 0 Å². The molecule has 1 N–H and O–H groups in total. The predicted molar refractivity (Wildman–Crippen MR) is 82.7 cm³/mol. The molecule has 0 aromatic heterocycles. The first-order valence-corrected chi connectivity index (χ1v) is 7.68. The fraction of sp³-hybridized carbons (Fsp3) is 0.438. The van der Waals surface area contributed by atoms with Crippen LogP contribution in [0.3, 0.4) is 0 Å². The lowest BCUT2D eigenvalue weighted by Crippen LogP contribution is -2.40. The van der Waals surface area contributed by atoms with Gasteiger partial charge in [-0.25, -0.2) is 4.79 Å². The highest BCUT2D eigenvalue weighted by atomic mass is 35.5. The molecule has 0 bridgehead atoms. The Bertz CT molecular complexity index is 683. The van der Waals surface area contributed by atoms with Gasteiger partial charge in [-0.2, -0.15) is 13.2 Å². The molecule has 8 heteroatoms. The van der Waals surface area contributed by atoms with Crippen LogP contribution in [0.2, 0.25) is 5.02 Å². The van der Waals surface area contributed by atoms with Crippen molar-refractivity contribution in [2.75, 3.05) is 6.61 Å². The molecule has 1 aromatic carbocycles. The molecule has 0 fully saturated rings. The van der Waals surface area contributed by atoms with Crippen molar-refractivity contribution in [1.29, 1.82) is 0 Å².